The number of hydrogen-bond donors (Lipinski definition) is 1. The van der Waals surface area contributed by atoms with Crippen molar-refractivity contribution in [1.29, 1.82) is 0 Å². The van der Waals surface area contributed by atoms with E-state index in [1.807, 2.05) is 67.6 Å². The van der Waals surface area contributed by atoms with Crippen LogP contribution in [-0.4, -0.2) is 12.5 Å². The van der Waals surface area contributed by atoms with Gasteiger partial charge < -0.3 is 10.1 Å². The summed E-state index contributed by atoms with van der Waals surface area (Å²) in [7, 11) is 0. The van der Waals surface area contributed by atoms with E-state index in [0.29, 0.717) is 12.2 Å². The van der Waals surface area contributed by atoms with E-state index in [0.717, 1.165) is 47.0 Å². The summed E-state index contributed by atoms with van der Waals surface area (Å²) in [4.78, 5) is 13.4. The van der Waals surface area contributed by atoms with Gasteiger partial charge in [0.15, 0.2) is 0 Å². The SMILES string of the molecule is CCOc1ccccc1-c1cccc(C(=O)NC2(c3ccccc3Br)CCCCC2)c1. The lowest BCUT2D eigenvalue weighted by Gasteiger charge is -2.39. The Bertz CT molecular complexity index is 1060. The Morgan fingerprint density at radius 1 is 0.968 bits per heavy atom. The molecule has 1 saturated carbocycles. The molecular weight excluding hydrogens is 450 g/mol. The van der Waals surface area contributed by atoms with E-state index in [2.05, 4.69) is 33.4 Å². The van der Waals surface area contributed by atoms with Crippen LogP contribution < -0.4 is 10.1 Å². The smallest absolute Gasteiger partial charge is 0.251 e. The Morgan fingerprint density at radius 3 is 2.48 bits per heavy atom. The van der Waals surface area contributed by atoms with Crippen LogP contribution in [0.15, 0.2) is 77.3 Å². The molecule has 0 aromatic heterocycles. The van der Waals surface area contributed by atoms with E-state index in [4.69, 9.17) is 4.74 Å². The number of halogens is 1. The van der Waals surface area contributed by atoms with Gasteiger partial charge in [-0.1, -0.05) is 83.7 Å². The molecule has 0 unspecified atom stereocenters. The largest absolute Gasteiger partial charge is 0.493 e. The molecule has 0 spiro atoms. The molecule has 1 amide bonds. The van der Waals surface area contributed by atoms with Crippen LogP contribution in [0.1, 0.15) is 54.9 Å². The van der Waals surface area contributed by atoms with Crippen LogP contribution in [0.4, 0.5) is 0 Å². The van der Waals surface area contributed by atoms with Gasteiger partial charge in [-0.2, -0.15) is 0 Å². The van der Waals surface area contributed by atoms with Crippen LogP contribution in [0.25, 0.3) is 11.1 Å². The number of hydrogen-bond acceptors (Lipinski definition) is 2. The van der Waals surface area contributed by atoms with Crippen LogP contribution >= 0.6 is 15.9 Å². The fourth-order valence-corrected chi connectivity index (χ4v) is 5.23. The van der Waals surface area contributed by atoms with Gasteiger partial charge in [0.05, 0.1) is 12.1 Å². The van der Waals surface area contributed by atoms with E-state index in [1.54, 1.807) is 0 Å². The maximum absolute atomic E-state index is 13.4. The molecule has 3 aromatic rings. The summed E-state index contributed by atoms with van der Waals surface area (Å²) in [5.41, 5.74) is 3.48. The first-order valence-corrected chi connectivity index (χ1v) is 11.8. The van der Waals surface area contributed by atoms with Gasteiger partial charge in [0.25, 0.3) is 5.91 Å². The number of carbonyl (C=O) groups excluding carboxylic acids is 1. The molecule has 0 saturated heterocycles. The van der Waals surface area contributed by atoms with Crippen molar-refractivity contribution in [3.8, 4) is 16.9 Å². The zero-order valence-corrected chi connectivity index (χ0v) is 19.5. The van der Waals surface area contributed by atoms with Crippen LogP contribution in [0.5, 0.6) is 5.75 Å². The Labute approximate surface area is 193 Å². The van der Waals surface area contributed by atoms with Gasteiger partial charge >= 0.3 is 0 Å². The van der Waals surface area contributed by atoms with E-state index in [-0.39, 0.29) is 11.4 Å². The van der Waals surface area contributed by atoms with Crippen molar-refractivity contribution in [2.75, 3.05) is 6.61 Å². The fourth-order valence-electron chi connectivity index (χ4n) is 4.57. The molecule has 160 valence electrons. The third kappa shape index (κ3) is 4.69. The molecule has 0 radical (unpaired) electrons. The molecule has 1 aliphatic carbocycles. The zero-order chi connectivity index (χ0) is 21.7. The van der Waals surface area contributed by atoms with Gasteiger partial charge in [-0.15, -0.1) is 0 Å². The van der Waals surface area contributed by atoms with Crippen LogP contribution in [0.3, 0.4) is 0 Å². The molecule has 0 bridgehead atoms. The van der Waals surface area contributed by atoms with Crippen molar-refractivity contribution in [3.05, 3.63) is 88.4 Å². The lowest BCUT2D eigenvalue weighted by atomic mass is 9.76. The molecule has 31 heavy (non-hydrogen) atoms. The topological polar surface area (TPSA) is 38.3 Å². The van der Waals surface area contributed by atoms with Crippen molar-refractivity contribution in [3.63, 3.8) is 0 Å². The molecule has 3 nitrogen and oxygen atoms in total. The highest BCUT2D eigenvalue weighted by molar-refractivity contribution is 9.10. The second-order valence-electron chi connectivity index (χ2n) is 8.09. The number of para-hydroxylation sites is 1. The zero-order valence-electron chi connectivity index (χ0n) is 17.9. The minimum atomic E-state index is -0.339. The third-order valence-electron chi connectivity index (χ3n) is 6.07. The van der Waals surface area contributed by atoms with Crippen molar-refractivity contribution >= 4 is 21.8 Å². The minimum absolute atomic E-state index is 0.0339. The minimum Gasteiger partial charge on any atom is -0.493 e. The van der Waals surface area contributed by atoms with Gasteiger partial charge in [-0.25, -0.2) is 0 Å². The lowest BCUT2D eigenvalue weighted by molar-refractivity contribution is 0.0865. The Balaban J connectivity index is 1.65. The fraction of sp³-hybridized carbons (Fsp3) is 0.296. The Kier molecular flexibility index (Phi) is 6.77. The van der Waals surface area contributed by atoms with E-state index < -0.39 is 0 Å². The summed E-state index contributed by atoms with van der Waals surface area (Å²) in [6.45, 7) is 2.58. The number of benzene rings is 3. The van der Waals surface area contributed by atoms with Gasteiger partial charge in [-0.05, 0) is 55.2 Å². The molecule has 4 heteroatoms. The highest BCUT2D eigenvalue weighted by Crippen LogP contribution is 2.40. The maximum Gasteiger partial charge on any atom is 0.251 e. The second kappa shape index (κ2) is 9.69. The first-order chi connectivity index (χ1) is 15.1. The predicted molar refractivity (Wildman–Crippen MR) is 129 cm³/mol. The summed E-state index contributed by atoms with van der Waals surface area (Å²) < 4.78 is 6.85. The van der Waals surface area contributed by atoms with Crippen LogP contribution in [0, 0.1) is 0 Å². The Morgan fingerprint density at radius 2 is 1.71 bits per heavy atom. The highest BCUT2D eigenvalue weighted by Gasteiger charge is 2.36. The highest BCUT2D eigenvalue weighted by atomic mass is 79.9. The third-order valence-corrected chi connectivity index (χ3v) is 6.76. The monoisotopic (exact) mass is 477 g/mol. The molecule has 0 heterocycles. The van der Waals surface area contributed by atoms with Crippen molar-refractivity contribution < 1.29 is 9.53 Å². The first-order valence-electron chi connectivity index (χ1n) is 11.0. The average Bonchev–Trinajstić information content (AvgIpc) is 2.80. The van der Waals surface area contributed by atoms with Gasteiger partial charge in [0.2, 0.25) is 0 Å². The number of rotatable bonds is 6. The van der Waals surface area contributed by atoms with Gasteiger partial charge in [0.1, 0.15) is 5.75 Å². The summed E-state index contributed by atoms with van der Waals surface area (Å²) >= 11 is 3.71. The lowest BCUT2D eigenvalue weighted by Crippen LogP contribution is -2.47. The van der Waals surface area contributed by atoms with Crippen molar-refractivity contribution in [2.24, 2.45) is 0 Å². The van der Waals surface area contributed by atoms with E-state index in [1.165, 1.54) is 12.0 Å². The molecule has 0 aliphatic heterocycles. The normalized spacial score (nSPS) is 15.3. The second-order valence-corrected chi connectivity index (χ2v) is 8.94. The molecular formula is C27H28BrNO2. The molecule has 0 atom stereocenters. The van der Waals surface area contributed by atoms with Crippen LogP contribution in [-0.2, 0) is 5.54 Å². The molecule has 3 aromatic carbocycles. The van der Waals surface area contributed by atoms with Crippen molar-refractivity contribution in [2.45, 2.75) is 44.6 Å². The number of nitrogens with one attached hydrogen (secondary N) is 1. The van der Waals surface area contributed by atoms with E-state index >= 15 is 0 Å². The predicted octanol–water partition coefficient (Wildman–Crippen LogP) is 7.10. The number of carbonyl (C=O) groups is 1. The summed E-state index contributed by atoms with van der Waals surface area (Å²) in [6.07, 6.45) is 5.35. The first kappa shape index (κ1) is 21.6. The quantitative estimate of drug-likeness (QED) is 0.410. The molecule has 1 fully saturated rings. The number of ether oxygens (including phenoxy) is 1. The van der Waals surface area contributed by atoms with Crippen LogP contribution in [0.2, 0.25) is 0 Å². The molecule has 1 N–H and O–H groups in total. The van der Waals surface area contributed by atoms with Gasteiger partial charge in [0, 0.05) is 15.6 Å². The standard InChI is InChI=1S/C27H28BrNO2/c1-2-31-25-16-7-4-13-22(25)20-11-10-12-21(19-20)26(30)29-27(17-8-3-9-18-27)23-14-5-6-15-24(23)28/h4-7,10-16,19H,2-3,8-9,17-18H2,1H3,(H,29,30). The number of amides is 1. The van der Waals surface area contributed by atoms with Crippen molar-refractivity contribution in [1.82, 2.24) is 5.32 Å². The molecule has 1 aliphatic rings. The maximum atomic E-state index is 13.4. The summed E-state index contributed by atoms with van der Waals surface area (Å²) in [5.74, 6) is 0.799. The molecule has 4 rings (SSSR count). The summed E-state index contributed by atoms with van der Waals surface area (Å²) in [5, 5.41) is 3.42. The van der Waals surface area contributed by atoms with Gasteiger partial charge in [-0.3, -0.25) is 4.79 Å². The Hall–Kier alpha value is -2.59. The average molecular weight is 478 g/mol. The summed E-state index contributed by atoms with van der Waals surface area (Å²) in [6, 6.07) is 24.0. The van der Waals surface area contributed by atoms with E-state index in [9.17, 15) is 4.79 Å².